The van der Waals surface area contributed by atoms with Gasteiger partial charge in [-0.1, -0.05) is 57.2 Å². The van der Waals surface area contributed by atoms with Crippen molar-refractivity contribution >= 4 is 23.4 Å². The number of rotatable bonds is 9. The summed E-state index contributed by atoms with van der Waals surface area (Å²) < 4.78 is 16.3. The third-order valence-electron chi connectivity index (χ3n) is 11.3. The molecule has 12 heteroatoms. The van der Waals surface area contributed by atoms with E-state index in [0.717, 1.165) is 118 Å². The summed E-state index contributed by atoms with van der Waals surface area (Å²) in [5, 5.41) is 20.5. The van der Waals surface area contributed by atoms with Gasteiger partial charge in [-0.2, -0.15) is 5.10 Å². The monoisotopic (exact) mass is 745 g/mol. The first kappa shape index (κ1) is 37.0. The van der Waals surface area contributed by atoms with Gasteiger partial charge in [0.25, 0.3) is 0 Å². The Morgan fingerprint density at radius 3 is 2.64 bits per heavy atom. The van der Waals surface area contributed by atoms with Gasteiger partial charge in [0.1, 0.15) is 17.7 Å². The van der Waals surface area contributed by atoms with Crippen molar-refractivity contribution in [3.63, 3.8) is 0 Å². The summed E-state index contributed by atoms with van der Waals surface area (Å²) in [5.41, 5.74) is 5.82. The van der Waals surface area contributed by atoms with Crippen LogP contribution >= 0.6 is 0 Å². The predicted molar refractivity (Wildman–Crippen MR) is 215 cm³/mol. The zero-order chi connectivity index (χ0) is 37.9. The lowest BCUT2D eigenvalue weighted by Gasteiger charge is -2.33. The molecule has 3 aromatic heterocycles. The number of nitrogens with zero attached hydrogens (tertiary/aromatic N) is 7. The number of hydrogen-bond donors (Lipinski definition) is 2. The Morgan fingerprint density at radius 2 is 1.78 bits per heavy atom. The van der Waals surface area contributed by atoms with Crippen LogP contribution in [-0.4, -0.2) is 80.7 Å². The van der Waals surface area contributed by atoms with Gasteiger partial charge in [-0.25, -0.2) is 9.48 Å². The number of amides is 2. The third-order valence-corrected chi connectivity index (χ3v) is 11.3. The topological polar surface area (TPSA) is 114 Å². The predicted octanol–water partition coefficient (Wildman–Crippen LogP) is 7.63. The number of carbonyl (C=O) groups excluding carboxylic acids is 1. The van der Waals surface area contributed by atoms with E-state index in [1.165, 1.54) is 12.0 Å². The number of hydrogen-bond acceptors (Lipinski definition) is 8. The lowest BCUT2D eigenvalue weighted by molar-refractivity contribution is 0.141. The molecule has 0 radical (unpaired) electrons. The molecule has 0 saturated carbocycles. The van der Waals surface area contributed by atoms with Crippen LogP contribution in [0.15, 0.2) is 72.9 Å². The molecule has 0 bridgehead atoms. The van der Waals surface area contributed by atoms with Gasteiger partial charge in [0.2, 0.25) is 5.95 Å². The van der Waals surface area contributed by atoms with Gasteiger partial charge in [-0.15, -0.1) is 10.2 Å². The molecule has 1 aliphatic carbocycles. The Kier molecular flexibility index (Phi) is 10.8. The maximum atomic E-state index is 13.8. The highest BCUT2D eigenvalue weighted by Crippen LogP contribution is 2.39. The second-order valence-corrected chi connectivity index (χ2v) is 16.4. The Bertz CT molecular complexity index is 2090. The van der Waals surface area contributed by atoms with E-state index >= 15 is 0 Å². The van der Waals surface area contributed by atoms with Gasteiger partial charge in [0, 0.05) is 50.3 Å². The van der Waals surface area contributed by atoms with Crippen molar-refractivity contribution in [1.82, 2.24) is 34.6 Å². The molecule has 5 heterocycles. The van der Waals surface area contributed by atoms with Crippen LogP contribution in [0, 0.1) is 0 Å². The van der Waals surface area contributed by atoms with E-state index in [4.69, 9.17) is 14.6 Å². The maximum Gasteiger partial charge on any atom is 0.320 e. The fourth-order valence-corrected chi connectivity index (χ4v) is 8.20. The molecule has 0 spiro atoms. The van der Waals surface area contributed by atoms with Crippen LogP contribution in [0.25, 0.3) is 11.3 Å². The van der Waals surface area contributed by atoms with E-state index in [-0.39, 0.29) is 23.6 Å². The Labute approximate surface area is 324 Å². The number of aromatic nitrogens is 5. The molecule has 2 fully saturated rings. The van der Waals surface area contributed by atoms with E-state index in [0.29, 0.717) is 11.9 Å². The normalized spacial score (nSPS) is 20.9. The Balaban J connectivity index is 0.970. The minimum absolute atomic E-state index is 0.153. The number of ether oxygens (including phenoxy) is 2. The standard InChI is InChI=1S/C43H55N9O3/c1-30-11-7-8-22-50(30)42-47-46-39-19-16-33(29-51(39)42)55-37-18-17-36(34-14-5-6-15-35(34)37)44-41(53)45-40-28-38(43(2,3)4)48-52(40)32-13-9-12-31(27-32)20-23-49-21-10-25-54-26-24-49/h5-6,9,12-16,19,27-30,36-37H,7-8,10-11,17-18,20-26H2,1-4H3,(H2,44,45,53)/t30?,36-,37+/m0/s1. The van der Waals surface area contributed by atoms with Crippen molar-refractivity contribution in [2.45, 2.75) is 96.2 Å². The molecule has 3 aliphatic rings. The summed E-state index contributed by atoms with van der Waals surface area (Å²) in [4.78, 5) is 18.7. The maximum absolute atomic E-state index is 13.8. The second kappa shape index (κ2) is 16.0. The van der Waals surface area contributed by atoms with Crippen molar-refractivity contribution in [3.05, 3.63) is 95.3 Å². The summed E-state index contributed by atoms with van der Waals surface area (Å²) in [6.45, 7) is 14.3. The molecular formula is C43H55N9O3. The molecule has 55 heavy (non-hydrogen) atoms. The van der Waals surface area contributed by atoms with E-state index in [2.05, 4.69) is 99.1 Å². The first-order valence-electron chi connectivity index (χ1n) is 20.1. The number of nitrogens with one attached hydrogen (secondary N) is 2. The van der Waals surface area contributed by atoms with E-state index in [9.17, 15) is 4.79 Å². The van der Waals surface area contributed by atoms with Crippen LogP contribution in [0.3, 0.4) is 0 Å². The lowest BCUT2D eigenvalue weighted by Crippen LogP contribution is -2.38. The van der Waals surface area contributed by atoms with Crippen LogP contribution < -0.4 is 20.3 Å². The molecular weight excluding hydrogens is 691 g/mol. The fraction of sp³-hybridized carbons (Fsp3) is 0.488. The van der Waals surface area contributed by atoms with Crippen molar-refractivity contribution in [2.75, 3.05) is 49.6 Å². The molecule has 290 valence electrons. The fourth-order valence-electron chi connectivity index (χ4n) is 8.20. The van der Waals surface area contributed by atoms with Gasteiger partial charge in [-0.05, 0) is 92.8 Å². The number of benzene rings is 2. The highest BCUT2D eigenvalue weighted by molar-refractivity contribution is 5.89. The largest absolute Gasteiger partial charge is 0.484 e. The molecule has 2 N–H and O–H groups in total. The Morgan fingerprint density at radius 1 is 0.909 bits per heavy atom. The number of urea groups is 1. The molecule has 2 aliphatic heterocycles. The van der Waals surface area contributed by atoms with E-state index in [1.807, 2.05) is 41.2 Å². The van der Waals surface area contributed by atoms with Gasteiger partial charge >= 0.3 is 6.03 Å². The molecule has 3 atom stereocenters. The van der Waals surface area contributed by atoms with Gasteiger partial charge in [0.05, 0.1) is 30.2 Å². The van der Waals surface area contributed by atoms with Crippen LogP contribution in [0.4, 0.5) is 16.6 Å². The lowest BCUT2D eigenvalue weighted by atomic mass is 9.85. The average Bonchev–Trinajstić information content (AvgIpc) is 3.71. The van der Waals surface area contributed by atoms with Gasteiger partial charge in [-0.3, -0.25) is 9.72 Å². The van der Waals surface area contributed by atoms with E-state index < -0.39 is 0 Å². The molecule has 12 nitrogen and oxygen atoms in total. The number of anilines is 2. The summed E-state index contributed by atoms with van der Waals surface area (Å²) >= 11 is 0. The van der Waals surface area contributed by atoms with Crippen LogP contribution in [0.2, 0.25) is 0 Å². The molecule has 2 aromatic carbocycles. The minimum atomic E-state index is -0.266. The first-order valence-corrected chi connectivity index (χ1v) is 20.1. The Hall–Kier alpha value is -4.94. The first-order chi connectivity index (χ1) is 26.7. The van der Waals surface area contributed by atoms with Gasteiger partial charge < -0.3 is 24.6 Å². The molecule has 1 unspecified atom stereocenters. The van der Waals surface area contributed by atoms with Gasteiger partial charge in [0.15, 0.2) is 5.65 Å². The molecule has 2 amide bonds. The van der Waals surface area contributed by atoms with Crippen molar-refractivity contribution < 1.29 is 14.3 Å². The van der Waals surface area contributed by atoms with Crippen molar-refractivity contribution in [1.29, 1.82) is 0 Å². The zero-order valence-electron chi connectivity index (χ0n) is 32.7. The quantitative estimate of drug-likeness (QED) is 0.158. The van der Waals surface area contributed by atoms with E-state index in [1.54, 1.807) is 0 Å². The summed E-state index contributed by atoms with van der Waals surface area (Å²) in [6.07, 6.45) is 8.92. The molecule has 2 saturated heterocycles. The molecule has 8 rings (SSSR count). The highest BCUT2D eigenvalue weighted by atomic mass is 16.5. The zero-order valence-corrected chi connectivity index (χ0v) is 32.7. The third kappa shape index (κ3) is 8.35. The number of pyridine rings is 1. The number of piperidine rings is 1. The summed E-state index contributed by atoms with van der Waals surface area (Å²) in [6, 6.07) is 22.7. The van der Waals surface area contributed by atoms with Crippen LogP contribution in [-0.2, 0) is 16.6 Å². The second-order valence-electron chi connectivity index (χ2n) is 16.4. The van der Waals surface area contributed by atoms with Crippen molar-refractivity contribution in [3.8, 4) is 11.4 Å². The summed E-state index contributed by atoms with van der Waals surface area (Å²) in [7, 11) is 0. The van der Waals surface area contributed by atoms with Crippen molar-refractivity contribution in [2.24, 2.45) is 0 Å². The van der Waals surface area contributed by atoms with Crippen LogP contribution in [0.1, 0.15) is 101 Å². The SMILES string of the molecule is CC1CCCCN1c1nnc2ccc(O[C@@H]3CC[C@H](NC(=O)Nc4cc(C(C)(C)C)nn4-c4cccc(CCN5CCCOCC5)c4)c4ccccc43)cn12. The molecule has 5 aromatic rings. The van der Waals surface area contributed by atoms with Crippen LogP contribution in [0.5, 0.6) is 5.75 Å². The average molecular weight is 746 g/mol. The smallest absolute Gasteiger partial charge is 0.320 e. The summed E-state index contributed by atoms with van der Waals surface area (Å²) in [5.74, 6) is 2.28. The number of fused-ring (bicyclic) bond motifs is 2. The minimum Gasteiger partial charge on any atom is -0.484 e. The number of carbonyl (C=O) groups is 1. The highest BCUT2D eigenvalue weighted by Gasteiger charge is 2.31.